The fraction of sp³-hybridized carbons (Fsp3) is 0.889. The number of ether oxygens (including phenoxy) is 1. The van der Waals surface area contributed by atoms with E-state index in [1.165, 1.54) is 52.1 Å². The van der Waals surface area contributed by atoms with E-state index in [0.717, 1.165) is 44.4 Å². The van der Waals surface area contributed by atoms with Gasteiger partial charge < -0.3 is 15.0 Å². The van der Waals surface area contributed by atoms with Crippen LogP contribution in [0.25, 0.3) is 0 Å². The Bertz CT molecular complexity index is 382. The number of nitrogens with zero attached hydrogens (tertiary/aromatic N) is 2. The molecule has 5 heteroatoms. The normalized spacial score (nSPS) is 22.3. The largest absolute Gasteiger partial charge is 0.469 e. The lowest BCUT2D eigenvalue weighted by atomic mass is 9.91. The number of rotatable bonds is 3. The Morgan fingerprint density at radius 1 is 1.09 bits per heavy atom. The predicted molar refractivity (Wildman–Crippen MR) is 93.5 cm³/mol. The Kier molecular flexibility index (Phi) is 7.69. The van der Waals surface area contributed by atoms with Crippen LogP contribution in [-0.4, -0.2) is 50.6 Å². The van der Waals surface area contributed by atoms with Crippen molar-refractivity contribution in [3.8, 4) is 0 Å². The van der Waals surface area contributed by atoms with Crippen molar-refractivity contribution in [2.45, 2.75) is 57.8 Å². The number of piperidine rings is 1. The summed E-state index contributed by atoms with van der Waals surface area (Å²) in [5.41, 5.74) is 0. The van der Waals surface area contributed by atoms with Crippen molar-refractivity contribution in [1.29, 1.82) is 0 Å². The van der Waals surface area contributed by atoms with Gasteiger partial charge in [-0.15, -0.1) is 0 Å². The molecule has 1 saturated heterocycles. The first-order chi connectivity index (χ1) is 11.2. The van der Waals surface area contributed by atoms with Gasteiger partial charge in [0.2, 0.25) is 0 Å². The number of carbonyl (C=O) groups excluding carboxylic acids is 1. The van der Waals surface area contributed by atoms with Gasteiger partial charge in [0, 0.05) is 26.7 Å². The summed E-state index contributed by atoms with van der Waals surface area (Å²) in [6.07, 6.45) is 11.3. The first kappa shape index (κ1) is 18.1. The second-order valence-electron chi connectivity index (χ2n) is 6.92. The first-order valence-corrected chi connectivity index (χ1v) is 9.28. The van der Waals surface area contributed by atoms with Gasteiger partial charge >= 0.3 is 5.97 Å². The molecule has 2 fully saturated rings. The molecule has 1 N–H and O–H groups in total. The summed E-state index contributed by atoms with van der Waals surface area (Å²) < 4.78 is 4.86. The Labute approximate surface area is 140 Å². The SMILES string of the molecule is CN=C(NCC1CCCCCCC1)N1CCC(C(=O)OC)CC1. The maximum absolute atomic E-state index is 11.6. The van der Waals surface area contributed by atoms with E-state index in [9.17, 15) is 4.79 Å². The van der Waals surface area contributed by atoms with Gasteiger partial charge in [0.15, 0.2) is 5.96 Å². The molecule has 1 aliphatic carbocycles. The van der Waals surface area contributed by atoms with Crippen LogP contribution in [-0.2, 0) is 9.53 Å². The van der Waals surface area contributed by atoms with Gasteiger partial charge in [0.05, 0.1) is 13.0 Å². The predicted octanol–water partition coefficient (Wildman–Crippen LogP) is 2.81. The van der Waals surface area contributed by atoms with Crippen LogP contribution >= 0.6 is 0 Å². The Balaban J connectivity index is 1.76. The zero-order valence-corrected chi connectivity index (χ0v) is 14.9. The molecule has 1 saturated carbocycles. The molecule has 5 nitrogen and oxygen atoms in total. The lowest BCUT2D eigenvalue weighted by Crippen LogP contribution is -2.47. The fourth-order valence-corrected chi connectivity index (χ4v) is 3.81. The number of methoxy groups -OCH3 is 1. The Hall–Kier alpha value is -1.26. The van der Waals surface area contributed by atoms with E-state index >= 15 is 0 Å². The van der Waals surface area contributed by atoms with Gasteiger partial charge in [-0.05, 0) is 31.6 Å². The summed E-state index contributed by atoms with van der Waals surface area (Å²) in [6, 6.07) is 0. The van der Waals surface area contributed by atoms with Crippen LogP contribution in [0.3, 0.4) is 0 Å². The molecule has 23 heavy (non-hydrogen) atoms. The number of carbonyl (C=O) groups is 1. The molecule has 2 aliphatic rings. The zero-order chi connectivity index (χ0) is 16.5. The van der Waals surface area contributed by atoms with Gasteiger partial charge in [0.1, 0.15) is 0 Å². The van der Waals surface area contributed by atoms with Crippen LogP contribution in [0, 0.1) is 11.8 Å². The van der Waals surface area contributed by atoms with E-state index in [0.29, 0.717) is 0 Å². The molecule has 2 rings (SSSR count). The minimum atomic E-state index is -0.0675. The quantitative estimate of drug-likeness (QED) is 0.493. The maximum atomic E-state index is 11.6. The Morgan fingerprint density at radius 3 is 2.26 bits per heavy atom. The average molecular weight is 323 g/mol. The second kappa shape index (κ2) is 9.78. The van der Waals surface area contributed by atoms with Crippen molar-refractivity contribution < 1.29 is 9.53 Å². The lowest BCUT2D eigenvalue weighted by molar-refractivity contribution is -0.146. The summed E-state index contributed by atoms with van der Waals surface area (Å²) in [4.78, 5) is 18.3. The number of likely N-dealkylation sites (tertiary alicyclic amines) is 1. The minimum Gasteiger partial charge on any atom is -0.469 e. The van der Waals surface area contributed by atoms with Gasteiger partial charge in [0.25, 0.3) is 0 Å². The molecule has 0 radical (unpaired) electrons. The van der Waals surface area contributed by atoms with E-state index in [1.807, 2.05) is 7.05 Å². The molecule has 1 aliphatic heterocycles. The van der Waals surface area contributed by atoms with Crippen molar-refractivity contribution in [2.24, 2.45) is 16.8 Å². The minimum absolute atomic E-state index is 0.0555. The molecular formula is C18H33N3O2. The van der Waals surface area contributed by atoms with Crippen LogP contribution in [0.1, 0.15) is 57.8 Å². The summed E-state index contributed by atoms with van der Waals surface area (Å²) in [5, 5.41) is 3.57. The molecule has 0 amide bonds. The van der Waals surface area contributed by atoms with Gasteiger partial charge in [-0.2, -0.15) is 0 Å². The van der Waals surface area contributed by atoms with Crippen LogP contribution in [0.5, 0.6) is 0 Å². The third-order valence-electron chi connectivity index (χ3n) is 5.31. The number of esters is 1. The molecule has 0 spiro atoms. The highest BCUT2D eigenvalue weighted by molar-refractivity contribution is 5.80. The Morgan fingerprint density at radius 2 is 1.70 bits per heavy atom. The van der Waals surface area contributed by atoms with Crippen LogP contribution in [0.4, 0.5) is 0 Å². The highest BCUT2D eigenvalue weighted by Gasteiger charge is 2.27. The van der Waals surface area contributed by atoms with Crippen molar-refractivity contribution in [2.75, 3.05) is 33.8 Å². The van der Waals surface area contributed by atoms with E-state index in [4.69, 9.17) is 4.74 Å². The smallest absolute Gasteiger partial charge is 0.308 e. The van der Waals surface area contributed by atoms with Crippen molar-refractivity contribution in [3.63, 3.8) is 0 Å². The van der Waals surface area contributed by atoms with Crippen LogP contribution in [0.15, 0.2) is 4.99 Å². The van der Waals surface area contributed by atoms with Gasteiger partial charge in [-0.3, -0.25) is 9.79 Å². The second-order valence-corrected chi connectivity index (χ2v) is 6.92. The summed E-state index contributed by atoms with van der Waals surface area (Å²) in [7, 11) is 3.33. The van der Waals surface area contributed by atoms with Crippen LogP contribution < -0.4 is 5.32 Å². The van der Waals surface area contributed by atoms with Gasteiger partial charge in [-0.25, -0.2) is 0 Å². The molecule has 0 aromatic carbocycles. The van der Waals surface area contributed by atoms with Crippen molar-refractivity contribution >= 4 is 11.9 Å². The molecule has 0 aromatic heterocycles. The van der Waals surface area contributed by atoms with E-state index < -0.39 is 0 Å². The van der Waals surface area contributed by atoms with Crippen LogP contribution in [0.2, 0.25) is 0 Å². The topological polar surface area (TPSA) is 53.9 Å². The molecule has 1 heterocycles. The average Bonchev–Trinajstić information content (AvgIpc) is 2.56. The summed E-state index contributed by atoms with van der Waals surface area (Å²) in [6.45, 7) is 2.79. The monoisotopic (exact) mass is 323 g/mol. The third-order valence-corrected chi connectivity index (χ3v) is 5.31. The number of hydrogen-bond donors (Lipinski definition) is 1. The van der Waals surface area contributed by atoms with Crippen molar-refractivity contribution in [3.05, 3.63) is 0 Å². The van der Waals surface area contributed by atoms with E-state index in [-0.39, 0.29) is 11.9 Å². The molecule has 132 valence electrons. The molecular weight excluding hydrogens is 290 g/mol. The number of hydrogen-bond acceptors (Lipinski definition) is 3. The number of guanidine groups is 1. The zero-order valence-electron chi connectivity index (χ0n) is 14.9. The number of nitrogens with one attached hydrogen (secondary N) is 1. The van der Waals surface area contributed by atoms with Gasteiger partial charge in [-0.1, -0.05) is 32.1 Å². The lowest BCUT2D eigenvalue weighted by Gasteiger charge is -2.34. The summed E-state index contributed by atoms with van der Waals surface area (Å²) >= 11 is 0. The first-order valence-electron chi connectivity index (χ1n) is 9.28. The maximum Gasteiger partial charge on any atom is 0.308 e. The molecule has 0 unspecified atom stereocenters. The van der Waals surface area contributed by atoms with E-state index in [1.54, 1.807) is 0 Å². The van der Waals surface area contributed by atoms with Crippen molar-refractivity contribution in [1.82, 2.24) is 10.2 Å². The molecule has 0 bridgehead atoms. The number of aliphatic imine (C=N–C) groups is 1. The fourth-order valence-electron chi connectivity index (χ4n) is 3.81. The highest BCUT2D eigenvalue weighted by Crippen LogP contribution is 2.22. The third kappa shape index (κ3) is 5.70. The van der Waals surface area contributed by atoms with E-state index in [2.05, 4.69) is 15.2 Å². The standard InChI is InChI=1S/C18H33N3O2/c1-19-18(20-14-15-8-6-4-3-5-7-9-15)21-12-10-16(11-13-21)17(22)23-2/h15-16H,3-14H2,1-2H3,(H,19,20). The summed E-state index contributed by atoms with van der Waals surface area (Å²) in [5.74, 6) is 1.76. The molecule has 0 atom stereocenters. The highest BCUT2D eigenvalue weighted by atomic mass is 16.5. The molecule has 0 aromatic rings.